The summed E-state index contributed by atoms with van der Waals surface area (Å²) in [6.07, 6.45) is 1.00. The fourth-order valence-electron chi connectivity index (χ4n) is 3.14. The monoisotopic (exact) mass is 515 g/mol. The molecular formula is C22H27Cl2N3O5S. The first-order valence-electron chi connectivity index (χ1n) is 10.1. The van der Waals surface area contributed by atoms with Crippen molar-refractivity contribution in [2.24, 2.45) is 0 Å². The van der Waals surface area contributed by atoms with E-state index in [0.717, 1.165) is 10.6 Å². The van der Waals surface area contributed by atoms with Gasteiger partial charge in [0, 0.05) is 34.8 Å². The van der Waals surface area contributed by atoms with Crippen LogP contribution in [0, 0.1) is 0 Å². The van der Waals surface area contributed by atoms with Crippen LogP contribution in [-0.2, 0) is 26.2 Å². The van der Waals surface area contributed by atoms with Gasteiger partial charge in [-0.15, -0.1) is 0 Å². The van der Waals surface area contributed by atoms with Crippen LogP contribution in [-0.4, -0.2) is 57.6 Å². The van der Waals surface area contributed by atoms with Crippen molar-refractivity contribution in [1.82, 2.24) is 10.2 Å². The van der Waals surface area contributed by atoms with Crippen molar-refractivity contribution >= 4 is 50.7 Å². The number of hydrogen-bond donors (Lipinski definition) is 1. The molecule has 2 rings (SSSR count). The average Bonchev–Trinajstić information content (AvgIpc) is 2.76. The van der Waals surface area contributed by atoms with E-state index in [1.165, 1.54) is 18.1 Å². The van der Waals surface area contributed by atoms with Crippen LogP contribution in [0.15, 0.2) is 42.5 Å². The highest BCUT2D eigenvalue weighted by molar-refractivity contribution is 7.92. The maximum atomic E-state index is 13.4. The molecule has 33 heavy (non-hydrogen) atoms. The van der Waals surface area contributed by atoms with Crippen LogP contribution in [0.3, 0.4) is 0 Å². The average molecular weight is 516 g/mol. The van der Waals surface area contributed by atoms with Crippen LogP contribution in [0.25, 0.3) is 0 Å². The predicted molar refractivity (Wildman–Crippen MR) is 130 cm³/mol. The van der Waals surface area contributed by atoms with E-state index in [1.807, 2.05) is 0 Å². The van der Waals surface area contributed by atoms with Crippen molar-refractivity contribution in [2.45, 2.75) is 26.4 Å². The lowest BCUT2D eigenvalue weighted by Gasteiger charge is -2.32. The molecular weight excluding hydrogens is 489 g/mol. The highest BCUT2D eigenvalue weighted by Crippen LogP contribution is 2.27. The molecule has 0 spiro atoms. The molecule has 2 aromatic carbocycles. The quantitative estimate of drug-likeness (QED) is 0.523. The van der Waals surface area contributed by atoms with Gasteiger partial charge < -0.3 is 15.0 Å². The van der Waals surface area contributed by atoms with E-state index in [1.54, 1.807) is 50.2 Å². The maximum Gasteiger partial charge on any atom is 0.244 e. The van der Waals surface area contributed by atoms with E-state index in [9.17, 15) is 18.0 Å². The van der Waals surface area contributed by atoms with Gasteiger partial charge in [0.15, 0.2) is 0 Å². The van der Waals surface area contributed by atoms with E-state index in [4.69, 9.17) is 27.9 Å². The molecule has 0 saturated heterocycles. The van der Waals surface area contributed by atoms with Crippen molar-refractivity contribution < 1.29 is 22.7 Å². The Labute approximate surface area is 204 Å². The fraction of sp³-hybridized carbons (Fsp3) is 0.364. The largest absolute Gasteiger partial charge is 0.497 e. The third kappa shape index (κ3) is 6.99. The van der Waals surface area contributed by atoms with Crippen LogP contribution in [0.2, 0.25) is 10.0 Å². The summed E-state index contributed by atoms with van der Waals surface area (Å²) in [5.41, 5.74) is 0.712. The predicted octanol–water partition coefficient (Wildman–Crippen LogP) is 3.32. The number of sulfonamides is 1. The molecule has 0 aromatic heterocycles. The molecule has 2 aromatic rings. The van der Waals surface area contributed by atoms with Gasteiger partial charge in [-0.2, -0.15) is 0 Å². The van der Waals surface area contributed by atoms with E-state index in [2.05, 4.69) is 5.32 Å². The second-order valence-corrected chi connectivity index (χ2v) is 9.98. The Morgan fingerprint density at radius 1 is 1.12 bits per heavy atom. The number of benzene rings is 2. The Hall–Kier alpha value is -2.49. The number of carbonyl (C=O) groups is 2. The van der Waals surface area contributed by atoms with Gasteiger partial charge in [0.25, 0.3) is 0 Å². The van der Waals surface area contributed by atoms with Gasteiger partial charge in [-0.3, -0.25) is 13.9 Å². The van der Waals surface area contributed by atoms with Crippen molar-refractivity contribution in [1.29, 1.82) is 0 Å². The van der Waals surface area contributed by atoms with E-state index in [0.29, 0.717) is 27.9 Å². The summed E-state index contributed by atoms with van der Waals surface area (Å²) in [7, 11) is -2.38. The summed E-state index contributed by atoms with van der Waals surface area (Å²) in [4.78, 5) is 27.3. The number of halogens is 2. The molecule has 0 aliphatic carbocycles. The number of carbonyl (C=O) groups excluding carboxylic acids is 2. The Morgan fingerprint density at radius 3 is 2.27 bits per heavy atom. The Balaban J connectivity index is 2.45. The molecule has 2 amide bonds. The lowest BCUT2D eigenvalue weighted by molar-refractivity contribution is -0.139. The number of methoxy groups -OCH3 is 1. The second-order valence-electron chi connectivity index (χ2n) is 7.26. The zero-order valence-corrected chi connectivity index (χ0v) is 21.2. The minimum Gasteiger partial charge on any atom is -0.497 e. The first-order chi connectivity index (χ1) is 15.5. The third-order valence-corrected chi connectivity index (χ3v) is 6.78. The number of amides is 2. The molecule has 1 N–H and O–H groups in total. The molecule has 0 radical (unpaired) electrons. The van der Waals surface area contributed by atoms with E-state index in [-0.39, 0.29) is 18.1 Å². The van der Waals surface area contributed by atoms with E-state index < -0.39 is 28.5 Å². The number of ether oxygens (including phenoxy) is 1. The lowest BCUT2D eigenvalue weighted by atomic mass is 10.1. The van der Waals surface area contributed by atoms with Crippen LogP contribution in [0.4, 0.5) is 5.69 Å². The third-order valence-electron chi connectivity index (χ3n) is 4.93. The molecule has 0 aliphatic heterocycles. The Morgan fingerprint density at radius 2 is 1.73 bits per heavy atom. The minimum atomic E-state index is -3.84. The second kappa shape index (κ2) is 11.6. The van der Waals surface area contributed by atoms with Gasteiger partial charge in [0.05, 0.1) is 19.1 Å². The summed E-state index contributed by atoms with van der Waals surface area (Å²) in [6.45, 7) is 3.08. The summed E-state index contributed by atoms with van der Waals surface area (Å²) < 4.78 is 31.2. The molecule has 0 fully saturated rings. The molecule has 0 bridgehead atoms. The number of nitrogens with one attached hydrogen (secondary N) is 1. The van der Waals surface area contributed by atoms with Crippen LogP contribution in [0.5, 0.6) is 5.75 Å². The summed E-state index contributed by atoms with van der Waals surface area (Å²) in [5, 5.41) is 3.34. The highest BCUT2D eigenvalue weighted by Gasteiger charge is 2.30. The smallest absolute Gasteiger partial charge is 0.244 e. The number of anilines is 1. The maximum absolute atomic E-state index is 13.4. The lowest BCUT2D eigenvalue weighted by Crippen LogP contribution is -2.51. The molecule has 0 saturated carbocycles. The Bertz CT molecular complexity index is 1090. The molecule has 1 atom stereocenters. The van der Waals surface area contributed by atoms with E-state index >= 15 is 0 Å². The standard InChI is InChI=1S/C22H27Cl2N3O5S/c1-5-25-22(29)15(2)26(13-18-19(23)10-7-11-20(18)24)21(28)14-27(33(4,30)31)16-8-6-9-17(12-16)32-3/h6-12,15H,5,13-14H2,1-4H3,(H,25,29)/t15-/m1/s1. The number of likely N-dealkylation sites (N-methyl/N-ethyl adjacent to an activating group) is 1. The molecule has 8 nitrogen and oxygen atoms in total. The zero-order valence-electron chi connectivity index (χ0n) is 18.8. The molecule has 11 heteroatoms. The SMILES string of the molecule is CCNC(=O)[C@@H](C)N(Cc1c(Cl)cccc1Cl)C(=O)CN(c1cccc(OC)c1)S(C)(=O)=O. The minimum absolute atomic E-state index is 0.0780. The zero-order chi connectivity index (χ0) is 24.8. The fourth-order valence-corrected chi connectivity index (χ4v) is 4.50. The molecule has 0 unspecified atom stereocenters. The summed E-state index contributed by atoms with van der Waals surface area (Å²) in [5.74, 6) is -0.553. The summed E-state index contributed by atoms with van der Waals surface area (Å²) >= 11 is 12.6. The van der Waals surface area contributed by atoms with Crippen LogP contribution < -0.4 is 14.4 Å². The van der Waals surface area contributed by atoms with Crippen molar-refractivity contribution in [2.75, 3.05) is 30.8 Å². The Kier molecular flexibility index (Phi) is 9.39. The van der Waals surface area contributed by atoms with Gasteiger partial charge >= 0.3 is 0 Å². The van der Waals surface area contributed by atoms with Gasteiger partial charge in [0.2, 0.25) is 21.8 Å². The van der Waals surface area contributed by atoms with Gasteiger partial charge in [-0.25, -0.2) is 8.42 Å². The van der Waals surface area contributed by atoms with Crippen molar-refractivity contribution in [3.05, 3.63) is 58.1 Å². The topological polar surface area (TPSA) is 96.0 Å². The first kappa shape index (κ1) is 26.8. The molecule has 0 aliphatic rings. The molecule has 0 heterocycles. The number of rotatable bonds is 10. The highest BCUT2D eigenvalue weighted by atomic mass is 35.5. The van der Waals surface area contributed by atoms with Crippen molar-refractivity contribution in [3.63, 3.8) is 0 Å². The van der Waals surface area contributed by atoms with Gasteiger partial charge in [0.1, 0.15) is 18.3 Å². The molecule has 180 valence electrons. The number of nitrogens with zero attached hydrogens (tertiary/aromatic N) is 2. The van der Waals surface area contributed by atoms with Crippen molar-refractivity contribution in [3.8, 4) is 5.75 Å². The first-order valence-corrected chi connectivity index (χ1v) is 12.7. The normalized spacial score (nSPS) is 12.1. The number of hydrogen-bond acceptors (Lipinski definition) is 5. The summed E-state index contributed by atoms with van der Waals surface area (Å²) in [6, 6.07) is 10.4. The van der Waals surface area contributed by atoms with Gasteiger partial charge in [-0.1, -0.05) is 35.3 Å². The van der Waals surface area contributed by atoms with Crippen LogP contribution in [0.1, 0.15) is 19.4 Å². The van der Waals surface area contributed by atoms with Gasteiger partial charge in [-0.05, 0) is 38.1 Å². The van der Waals surface area contributed by atoms with Crippen LogP contribution >= 0.6 is 23.2 Å².